The minimum absolute atomic E-state index is 0.856. The number of thiophene rings is 4. The standard InChI is InChI=1S/C34H34O2S4/c1-3-13-35-15-5-7-21-9-11-23-27(17-21)37-33-25-19-30-26(20-29(25)39-31(23)33)34-32(40-30)24-12-10-22(18-28(24)38-34)8-6-16-36-14-4-2/h9-12,17-20H,3-8,13-16H2,1-2H3. The molecule has 0 aliphatic rings. The third kappa shape index (κ3) is 4.97. The van der Waals surface area contributed by atoms with Gasteiger partial charge in [0.05, 0.1) is 18.8 Å². The zero-order valence-electron chi connectivity index (χ0n) is 23.1. The lowest BCUT2D eigenvalue weighted by molar-refractivity contribution is 0.132. The van der Waals surface area contributed by atoms with Crippen LogP contribution < -0.4 is 0 Å². The molecule has 3 aromatic carbocycles. The van der Waals surface area contributed by atoms with Crippen molar-refractivity contribution in [3.63, 3.8) is 0 Å². The fourth-order valence-corrected chi connectivity index (χ4v) is 11.1. The highest BCUT2D eigenvalue weighted by Crippen LogP contribution is 2.50. The Bertz CT molecular complexity index is 1810. The fraction of sp³-hybridized carbons (Fsp3) is 0.353. The van der Waals surface area contributed by atoms with Crippen LogP contribution in [-0.2, 0) is 22.3 Å². The van der Waals surface area contributed by atoms with Gasteiger partial charge in [0.15, 0.2) is 0 Å². The van der Waals surface area contributed by atoms with Crippen LogP contribution in [0.25, 0.3) is 59.1 Å². The fourth-order valence-electron chi connectivity index (χ4n) is 5.66. The molecule has 0 amide bonds. The van der Waals surface area contributed by atoms with Gasteiger partial charge in [0.1, 0.15) is 0 Å². The number of hydrogen-bond acceptors (Lipinski definition) is 6. The molecule has 0 spiro atoms. The maximum atomic E-state index is 5.68. The highest BCUT2D eigenvalue weighted by atomic mass is 32.1. The van der Waals surface area contributed by atoms with Crippen LogP contribution in [0.4, 0.5) is 0 Å². The van der Waals surface area contributed by atoms with Gasteiger partial charge in [0.2, 0.25) is 0 Å². The zero-order valence-corrected chi connectivity index (χ0v) is 26.4. The first-order chi connectivity index (χ1) is 19.7. The van der Waals surface area contributed by atoms with Gasteiger partial charge in [0, 0.05) is 66.8 Å². The molecular weight excluding hydrogens is 569 g/mol. The van der Waals surface area contributed by atoms with E-state index in [1.807, 2.05) is 45.3 Å². The summed E-state index contributed by atoms with van der Waals surface area (Å²) in [6.45, 7) is 7.78. The lowest BCUT2D eigenvalue weighted by atomic mass is 10.1. The molecule has 0 bridgehead atoms. The van der Waals surface area contributed by atoms with Gasteiger partial charge >= 0.3 is 0 Å². The van der Waals surface area contributed by atoms with Crippen molar-refractivity contribution in [3.05, 3.63) is 59.7 Å². The Morgan fingerprint density at radius 2 is 0.875 bits per heavy atom. The summed E-state index contributed by atoms with van der Waals surface area (Å²) in [5.74, 6) is 0. The minimum Gasteiger partial charge on any atom is -0.381 e. The van der Waals surface area contributed by atoms with E-state index in [1.54, 1.807) is 0 Å². The summed E-state index contributed by atoms with van der Waals surface area (Å²) in [4.78, 5) is 0. The molecule has 0 radical (unpaired) electrons. The number of benzene rings is 3. The van der Waals surface area contributed by atoms with Crippen LogP contribution in [0.2, 0.25) is 0 Å². The summed E-state index contributed by atoms with van der Waals surface area (Å²) in [7, 11) is 0. The van der Waals surface area contributed by atoms with Crippen LogP contribution in [0.5, 0.6) is 0 Å². The number of fused-ring (bicyclic) bond motifs is 10. The van der Waals surface area contributed by atoms with E-state index in [0.717, 1.165) is 65.0 Å². The largest absolute Gasteiger partial charge is 0.381 e. The number of ether oxygens (including phenoxy) is 2. The van der Waals surface area contributed by atoms with Gasteiger partial charge in [-0.3, -0.25) is 0 Å². The van der Waals surface area contributed by atoms with Crippen LogP contribution in [0.15, 0.2) is 48.5 Å². The van der Waals surface area contributed by atoms with Gasteiger partial charge in [-0.2, -0.15) is 0 Å². The van der Waals surface area contributed by atoms with Crippen molar-refractivity contribution < 1.29 is 9.47 Å². The molecule has 0 N–H and O–H groups in total. The molecular formula is C34H34O2S4. The summed E-state index contributed by atoms with van der Waals surface area (Å²) < 4.78 is 22.8. The van der Waals surface area contributed by atoms with E-state index in [9.17, 15) is 0 Å². The Kier molecular flexibility index (Phi) is 7.82. The maximum absolute atomic E-state index is 5.68. The second-order valence-corrected chi connectivity index (χ2v) is 14.9. The van der Waals surface area contributed by atoms with Gasteiger partial charge in [-0.15, -0.1) is 45.3 Å². The molecule has 7 aromatic rings. The van der Waals surface area contributed by atoms with Crippen molar-refractivity contribution in [1.82, 2.24) is 0 Å². The number of hydrogen-bond donors (Lipinski definition) is 0. The smallest absolute Gasteiger partial charge is 0.0542 e. The molecule has 2 nitrogen and oxygen atoms in total. The van der Waals surface area contributed by atoms with Crippen LogP contribution >= 0.6 is 45.3 Å². The van der Waals surface area contributed by atoms with E-state index in [-0.39, 0.29) is 0 Å². The SMILES string of the molecule is CCCOCCCc1ccc2c(c1)sc1c3cc4sc5c6ccc(CCCOCCC)cc6sc5c4cc3sc21. The monoisotopic (exact) mass is 602 g/mol. The van der Waals surface area contributed by atoms with Crippen molar-refractivity contribution in [2.24, 2.45) is 0 Å². The minimum atomic E-state index is 0.856. The van der Waals surface area contributed by atoms with Gasteiger partial charge in [-0.05, 0) is 73.9 Å². The average molecular weight is 603 g/mol. The Hall–Kier alpha value is -2.06. The average Bonchev–Trinajstić information content (AvgIpc) is 3.69. The first-order valence-corrected chi connectivity index (χ1v) is 17.8. The normalized spacial score (nSPS) is 12.4. The third-order valence-electron chi connectivity index (χ3n) is 7.62. The number of aryl methyl sites for hydroxylation is 2. The summed E-state index contributed by atoms with van der Waals surface area (Å²) in [5, 5.41) is 5.67. The van der Waals surface area contributed by atoms with Gasteiger partial charge < -0.3 is 9.47 Å². The van der Waals surface area contributed by atoms with Crippen molar-refractivity contribution in [2.75, 3.05) is 26.4 Å². The molecule has 0 fully saturated rings. The van der Waals surface area contributed by atoms with Crippen molar-refractivity contribution >= 4 is 104 Å². The van der Waals surface area contributed by atoms with E-state index < -0.39 is 0 Å². The lowest BCUT2D eigenvalue weighted by Gasteiger charge is -2.03. The number of rotatable bonds is 12. The molecule has 7 rings (SSSR count). The van der Waals surface area contributed by atoms with E-state index in [0.29, 0.717) is 0 Å². The second-order valence-electron chi connectivity index (χ2n) is 10.7. The highest BCUT2D eigenvalue weighted by Gasteiger charge is 2.17. The van der Waals surface area contributed by atoms with Crippen molar-refractivity contribution in [2.45, 2.75) is 52.4 Å². The molecule has 0 saturated carbocycles. The van der Waals surface area contributed by atoms with Crippen molar-refractivity contribution in [3.8, 4) is 0 Å². The van der Waals surface area contributed by atoms with Gasteiger partial charge in [0.25, 0.3) is 0 Å². The molecule has 0 aliphatic heterocycles. The Labute approximate surface area is 251 Å². The summed E-state index contributed by atoms with van der Waals surface area (Å²) >= 11 is 7.88. The molecule has 4 aromatic heterocycles. The summed E-state index contributed by atoms with van der Waals surface area (Å²) in [6, 6.07) is 19.1. The summed E-state index contributed by atoms with van der Waals surface area (Å²) in [5.41, 5.74) is 2.85. The molecule has 0 unspecified atom stereocenters. The second kappa shape index (κ2) is 11.7. The van der Waals surface area contributed by atoms with Crippen LogP contribution in [0, 0.1) is 0 Å². The van der Waals surface area contributed by atoms with E-state index in [4.69, 9.17) is 9.47 Å². The van der Waals surface area contributed by atoms with Crippen LogP contribution in [0.1, 0.15) is 50.7 Å². The van der Waals surface area contributed by atoms with Crippen molar-refractivity contribution in [1.29, 1.82) is 0 Å². The first kappa shape index (κ1) is 26.8. The molecule has 0 atom stereocenters. The zero-order chi connectivity index (χ0) is 27.1. The van der Waals surface area contributed by atoms with E-state index >= 15 is 0 Å². The van der Waals surface area contributed by atoms with Crippen LogP contribution in [0.3, 0.4) is 0 Å². The molecule has 6 heteroatoms. The third-order valence-corrected chi connectivity index (χ3v) is 12.6. The van der Waals surface area contributed by atoms with Gasteiger partial charge in [-0.25, -0.2) is 0 Å². The predicted octanol–water partition coefficient (Wildman–Crippen LogP) is 11.6. The molecule has 206 valence electrons. The van der Waals surface area contributed by atoms with E-state index in [2.05, 4.69) is 62.4 Å². The molecule has 0 aliphatic carbocycles. The van der Waals surface area contributed by atoms with E-state index in [1.165, 1.54) is 70.3 Å². The first-order valence-electron chi connectivity index (χ1n) is 14.5. The van der Waals surface area contributed by atoms with Gasteiger partial charge in [-0.1, -0.05) is 38.1 Å². The summed E-state index contributed by atoms with van der Waals surface area (Å²) in [6.07, 6.45) is 6.53. The Balaban J connectivity index is 1.20. The quantitative estimate of drug-likeness (QED) is 0.130. The maximum Gasteiger partial charge on any atom is 0.0542 e. The molecule has 4 heterocycles. The molecule has 40 heavy (non-hydrogen) atoms. The predicted molar refractivity (Wildman–Crippen MR) is 182 cm³/mol. The molecule has 0 saturated heterocycles. The topological polar surface area (TPSA) is 18.5 Å². The Morgan fingerprint density at radius 3 is 1.30 bits per heavy atom. The van der Waals surface area contributed by atoms with Crippen LogP contribution in [-0.4, -0.2) is 26.4 Å². The highest BCUT2D eigenvalue weighted by molar-refractivity contribution is 7.38. The Morgan fingerprint density at radius 1 is 0.475 bits per heavy atom. The lowest BCUT2D eigenvalue weighted by Crippen LogP contribution is -1.97.